The molecule has 0 aromatic heterocycles. The first-order valence-corrected chi connectivity index (χ1v) is 11.3. The molecule has 4 rings (SSSR count). The van der Waals surface area contributed by atoms with E-state index in [0.717, 1.165) is 30.8 Å². The van der Waals surface area contributed by atoms with Crippen molar-refractivity contribution in [2.45, 2.75) is 32.2 Å². The van der Waals surface area contributed by atoms with Gasteiger partial charge in [-0.05, 0) is 49.8 Å². The average molecular weight is 562 g/mol. The summed E-state index contributed by atoms with van der Waals surface area (Å²) in [5.74, 6) is 1.95. The minimum atomic E-state index is -0.196. The highest BCUT2D eigenvalue weighted by Gasteiger charge is 2.34. The standard InChI is InChI=1S/C25H30N4O3.HI/c1-26-25(28-16-19-8-2-5-11-22(19)32-17-18-12-13-18)27-14-6-7-15-29-23(30)20-9-3-4-10-21(20)24(29)31;/h2-5,8-11,18H,6-7,12-17H2,1H3,(H2,26,27,28);1H. The molecule has 0 radical (unpaired) electrons. The number of nitrogens with one attached hydrogen (secondary N) is 2. The number of aliphatic imine (C=N–C) groups is 1. The Morgan fingerprint density at radius 2 is 1.67 bits per heavy atom. The van der Waals surface area contributed by atoms with Crippen LogP contribution in [0.5, 0.6) is 5.75 Å². The van der Waals surface area contributed by atoms with Crippen molar-refractivity contribution in [3.05, 3.63) is 65.2 Å². The number of imide groups is 1. The van der Waals surface area contributed by atoms with Crippen LogP contribution in [0.1, 0.15) is 52.0 Å². The third kappa shape index (κ3) is 6.46. The maximum Gasteiger partial charge on any atom is 0.261 e. The van der Waals surface area contributed by atoms with E-state index in [4.69, 9.17) is 4.74 Å². The number of amides is 2. The molecule has 2 aromatic carbocycles. The van der Waals surface area contributed by atoms with Crippen molar-refractivity contribution in [2.75, 3.05) is 26.7 Å². The molecule has 1 fully saturated rings. The number of nitrogens with zero attached hydrogens (tertiary/aromatic N) is 2. The first-order chi connectivity index (χ1) is 15.7. The number of hydrogen-bond acceptors (Lipinski definition) is 4. The Morgan fingerprint density at radius 3 is 2.33 bits per heavy atom. The Morgan fingerprint density at radius 1 is 1.00 bits per heavy atom. The second kappa shape index (κ2) is 12.0. The van der Waals surface area contributed by atoms with Crippen LogP contribution in [0.2, 0.25) is 0 Å². The number of para-hydroxylation sites is 1. The molecule has 2 amide bonds. The van der Waals surface area contributed by atoms with Gasteiger partial charge in [-0.3, -0.25) is 19.5 Å². The Balaban J connectivity index is 0.00000306. The van der Waals surface area contributed by atoms with Gasteiger partial charge in [0.25, 0.3) is 11.8 Å². The molecule has 2 aliphatic rings. The summed E-state index contributed by atoms with van der Waals surface area (Å²) < 4.78 is 5.97. The van der Waals surface area contributed by atoms with Crippen LogP contribution in [0.3, 0.4) is 0 Å². The van der Waals surface area contributed by atoms with Crippen LogP contribution < -0.4 is 15.4 Å². The van der Waals surface area contributed by atoms with Crippen molar-refractivity contribution in [1.82, 2.24) is 15.5 Å². The van der Waals surface area contributed by atoms with Crippen LogP contribution in [0.25, 0.3) is 0 Å². The van der Waals surface area contributed by atoms with E-state index >= 15 is 0 Å². The Hall–Kier alpha value is -2.62. The van der Waals surface area contributed by atoms with E-state index in [1.54, 1.807) is 31.3 Å². The fourth-order valence-corrected chi connectivity index (χ4v) is 3.73. The molecule has 8 heteroatoms. The number of carbonyl (C=O) groups is 2. The van der Waals surface area contributed by atoms with Crippen molar-refractivity contribution in [3.63, 3.8) is 0 Å². The summed E-state index contributed by atoms with van der Waals surface area (Å²) in [6.07, 6.45) is 4.08. The summed E-state index contributed by atoms with van der Waals surface area (Å²) in [7, 11) is 1.74. The van der Waals surface area contributed by atoms with E-state index in [1.807, 2.05) is 18.2 Å². The maximum atomic E-state index is 12.4. The van der Waals surface area contributed by atoms with Gasteiger partial charge in [0.2, 0.25) is 0 Å². The molecule has 2 aromatic rings. The van der Waals surface area contributed by atoms with E-state index in [0.29, 0.717) is 42.6 Å². The van der Waals surface area contributed by atoms with E-state index in [-0.39, 0.29) is 35.8 Å². The molecule has 33 heavy (non-hydrogen) atoms. The first-order valence-electron chi connectivity index (χ1n) is 11.3. The Bertz CT molecular complexity index is 972. The smallest absolute Gasteiger partial charge is 0.261 e. The molecule has 1 saturated carbocycles. The van der Waals surface area contributed by atoms with E-state index in [2.05, 4.69) is 21.7 Å². The Kier molecular flexibility index (Phi) is 9.11. The maximum absolute atomic E-state index is 12.4. The monoisotopic (exact) mass is 562 g/mol. The second-order valence-corrected chi connectivity index (χ2v) is 8.23. The zero-order chi connectivity index (χ0) is 22.3. The number of rotatable bonds is 10. The van der Waals surface area contributed by atoms with Crippen LogP contribution in [0, 0.1) is 5.92 Å². The van der Waals surface area contributed by atoms with E-state index < -0.39 is 0 Å². The lowest BCUT2D eigenvalue weighted by Gasteiger charge is -2.16. The van der Waals surface area contributed by atoms with Crippen LogP contribution in [-0.2, 0) is 6.54 Å². The molecule has 0 saturated heterocycles. The number of hydrogen-bond donors (Lipinski definition) is 2. The van der Waals surface area contributed by atoms with Crippen LogP contribution in [0.15, 0.2) is 53.5 Å². The molecule has 1 aliphatic carbocycles. The van der Waals surface area contributed by atoms with Crippen molar-refractivity contribution in [1.29, 1.82) is 0 Å². The number of carbonyl (C=O) groups excluding carboxylic acids is 2. The largest absolute Gasteiger partial charge is 0.493 e. The summed E-state index contributed by atoms with van der Waals surface area (Å²) >= 11 is 0. The molecule has 176 valence electrons. The molecule has 1 aliphatic heterocycles. The van der Waals surface area contributed by atoms with Crippen LogP contribution >= 0.6 is 24.0 Å². The number of halogens is 1. The number of unbranched alkanes of at least 4 members (excludes halogenated alkanes) is 1. The number of benzene rings is 2. The lowest BCUT2D eigenvalue weighted by molar-refractivity contribution is 0.0652. The predicted octanol–water partition coefficient (Wildman–Crippen LogP) is 3.83. The van der Waals surface area contributed by atoms with Crippen LogP contribution in [-0.4, -0.2) is 49.4 Å². The number of fused-ring (bicyclic) bond motifs is 1. The molecule has 7 nitrogen and oxygen atoms in total. The molecule has 1 heterocycles. The van der Waals surface area contributed by atoms with E-state index in [9.17, 15) is 9.59 Å². The fourth-order valence-electron chi connectivity index (χ4n) is 3.73. The molecule has 0 bridgehead atoms. The van der Waals surface area contributed by atoms with Gasteiger partial charge in [0.1, 0.15) is 5.75 Å². The van der Waals surface area contributed by atoms with Gasteiger partial charge in [-0.2, -0.15) is 0 Å². The fraction of sp³-hybridized carbons (Fsp3) is 0.400. The van der Waals surface area contributed by atoms with E-state index in [1.165, 1.54) is 17.7 Å². The van der Waals surface area contributed by atoms with Gasteiger partial charge in [0.15, 0.2) is 5.96 Å². The van der Waals surface area contributed by atoms with Gasteiger partial charge < -0.3 is 15.4 Å². The van der Waals surface area contributed by atoms with Crippen molar-refractivity contribution < 1.29 is 14.3 Å². The summed E-state index contributed by atoms with van der Waals surface area (Å²) in [6, 6.07) is 15.1. The van der Waals surface area contributed by atoms with Gasteiger partial charge in [0, 0.05) is 32.2 Å². The third-order valence-electron chi connectivity index (χ3n) is 5.79. The number of guanidine groups is 1. The average Bonchev–Trinajstić information content (AvgIpc) is 3.62. The zero-order valence-electron chi connectivity index (χ0n) is 18.9. The van der Waals surface area contributed by atoms with Crippen molar-refractivity contribution in [3.8, 4) is 5.75 Å². The molecule has 0 unspecified atom stereocenters. The molecule has 0 spiro atoms. The normalized spacial score (nSPS) is 15.2. The molecular formula is C25H31IN4O3. The quantitative estimate of drug-likeness (QED) is 0.151. The number of ether oxygens (including phenoxy) is 1. The highest BCUT2D eigenvalue weighted by molar-refractivity contribution is 14.0. The van der Waals surface area contributed by atoms with Gasteiger partial charge in [-0.1, -0.05) is 30.3 Å². The highest BCUT2D eigenvalue weighted by atomic mass is 127. The topological polar surface area (TPSA) is 83.0 Å². The van der Waals surface area contributed by atoms with Gasteiger partial charge in [-0.15, -0.1) is 24.0 Å². The summed E-state index contributed by atoms with van der Waals surface area (Å²) in [5, 5.41) is 6.62. The summed E-state index contributed by atoms with van der Waals surface area (Å²) in [5.41, 5.74) is 2.10. The molecule has 0 atom stereocenters. The first kappa shape index (κ1) is 25.0. The predicted molar refractivity (Wildman–Crippen MR) is 139 cm³/mol. The highest BCUT2D eigenvalue weighted by Crippen LogP contribution is 2.30. The lowest BCUT2D eigenvalue weighted by atomic mass is 10.1. The third-order valence-corrected chi connectivity index (χ3v) is 5.79. The molecule has 2 N–H and O–H groups in total. The van der Waals surface area contributed by atoms with Gasteiger partial charge in [0.05, 0.1) is 17.7 Å². The lowest BCUT2D eigenvalue weighted by Crippen LogP contribution is -2.37. The van der Waals surface area contributed by atoms with Gasteiger partial charge in [-0.25, -0.2) is 0 Å². The van der Waals surface area contributed by atoms with Crippen molar-refractivity contribution >= 4 is 41.8 Å². The minimum absolute atomic E-state index is 0. The zero-order valence-corrected chi connectivity index (χ0v) is 21.2. The summed E-state index contributed by atoms with van der Waals surface area (Å²) in [6.45, 7) is 2.53. The second-order valence-electron chi connectivity index (χ2n) is 8.23. The minimum Gasteiger partial charge on any atom is -0.493 e. The SMILES string of the molecule is CN=C(NCCCCN1C(=O)c2ccccc2C1=O)NCc1ccccc1OCC1CC1.I. The molecular weight excluding hydrogens is 531 g/mol. The van der Waals surface area contributed by atoms with Gasteiger partial charge >= 0.3 is 0 Å². The van der Waals surface area contributed by atoms with Crippen LogP contribution in [0.4, 0.5) is 0 Å². The summed E-state index contributed by atoms with van der Waals surface area (Å²) in [4.78, 5) is 30.4. The Labute approximate surface area is 212 Å². The van der Waals surface area contributed by atoms with Crippen molar-refractivity contribution in [2.24, 2.45) is 10.9 Å².